The third-order valence-corrected chi connectivity index (χ3v) is 5.11. The summed E-state index contributed by atoms with van der Waals surface area (Å²) in [5, 5.41) is 8.03. The third kappa shape index (κ3) is 1.53. The van der Waals surface area contributed by atoms with Crippen molar-refractivity contribution in [2.45, 2.75) is 26.3 Å². The summed E-state index contributed by atoms with van der Waals surface area (Å²) >= 11 is 0. The lowest BCUT2D eigenvalue weighted by Crippen LogP contribution is -2.45. The highest BCUT2D eigenvalue weighted by atomic mass is 15.3. The van der Waals surface area contributed by atoms with E-state index >= 15 is 0 Å². The second-order valence-electron chi connectivity index (χ2n) is 6.66. The summed E-state index contributed by atoms with van der Waals surface area (Å²) in [7, 11) is 0. The Bertz CT molecular complexity index is 659. The fourth-order valence-corrected chi connectivity index (χ4v) is 4.02. The molecule has 0 saturated carbocycles. The highest BCUT2D eigenvalue weighted by Gasteiger charge is 2.50. The Morgan fingerprint density at radius 2 is 2.20 bits per heavy atom. The molecule has 4 rings (SSSR count). The minimum Gasteiger partial charge on any atom is -0.349 e. The highest BCUT2D eigenvalue weighted by molar-refractivity contribution is 5.70. The highest BCUT2D eigenvalue weighted by Crippen LogP contribution is 2.43. The second kappa shape index (κ2) is 3.95. The van der Waals surface area contributed by atoms with E-state index in [9.17, 15) is 0 Å². The Balaban J connectivity index is 1.83. The molecule has 2 fully saturated rings. The van der Waals surface area contributed by atoms with Gasteiger partial charge in [0.15, 0.2) is 5.82 Å². The van der Waals surface area contributed by atoms with Gasteiger partial charge in [0.25, 0.3) is 0 Å². The summed E-state index contributed by atoms with van der Waals surface area (Å²) < 4.78 is 1.94. The molecule has 2 aromatic rings. The van der Waals surface area contributed by atoms with E-state index in [1.54, 1.807) is 0 Å². The monoisotopic (exact) mass is 271 g/mol. The van der Waals surface area contributed by atoms with Crippen molar-refractivity contribution >= 4 is 11.3 Å². The minimum absolute atomic E-state index is 0.140. The molecule has 5 nitrogen and oxygen atoms in total. The summed E-state index contributed by atoms with van der Waals surface area (Å²) in [5.74, 6) is 2.51. The molecule has 1 N–H and O–H groups in total. The fourth-order valence-electron chi connectivity index (χ4n) is 4.02. The minimum atomic E-state index is 0.140. The zero-order valence-electron chi connectivity index (χ0n) is 12.3. The van der Waals surface area contributed by atoms with Gasteiger partial charge >= 0.3 is 0 Å². The second-order valence-corrected chi connectivity index (χ2v) is 6.66. The number of rotatable bonds is 1. The Labute approximate surface area is 119 Å². The molecule has 0 amide bonds. The number of hydrogen-bond acceptors (Lipinski definition) is 4. The van der Waals surface area contributed by atoms with Crippen LogP contribution in [0.4, 0.5) is 5.82 Å². The fraction of sp³-hybridized carbons (Fsp3) is 0.600. The Morgan fingerprint density at radius 3 is 3.00 bits per heavy atom. The maximum absolute atomic E-state index is 4.67. The largest absolute Gasteiger partial charge is 0.349 e. The average Bonchev–Trinajstić information content (AvgIpc) is 3.04. The van der Waals surface area contributed by atoms with E-state index in [4.69, 9.17) is 0 Å². The smallest absolute Gasteiger partial charge is 0.155 e. The van der Waals surface area contributed by atoms with Gasteiger partial charge in [-0.15, -0.1) is 0 Å². The number of nitrogens with one attached hydrogen (secondary N) is 1. The van der Waals surface area contributed by atoms with Crippen molar-refractivity contribution in [3.8, 4) is 0 Å². The number of aromatic nitrogens is 3. The quantitative estimate of drug-likeness (QED) is 0.853. The molecule has 2 atom stereocenters. The number of anilines is 1. The van der Waals surface area contributed by atoms with E-state index < -0.39 is 0 Å². The molecule has 0 aromatic carbocycles. The molecule has 0 bridgehead atoms. The van der Waals surface area contributed by atoms with Gasteiger partial charge in [-0.2, -0.15) is 5.10 Å². The molecule has 20 heavy (non-hydrogen) atoms. The topological polar surface area (TPSA) is 45.5 Å². The predicted octanol–water partition coefficient (Wildman–Crippen LogP) is 1.47. The first-order valence-corrected chi connectivity index (χ1v) is 7.37. The third-order valence-electron chi connectivity index (χ3n) is 5.11. The van der Waals surface area contributed by atoms with Crippen molar-refractivity contribution in [1.29, 1.82) is 0 Å². The zero-order valence-corrected chi connectivity index (χ0v) is 12.3. The van der Waals surface area contributed by atoms with Crippen molar-refractivity contribution < 1.29 is 0 Å². The number of nitrogens with zero attached hydrogens (tertiary/aromatic N) is 4. The van der Waals surface area contributed by atoms with Crippen LogP contribution in [-0.4, -0.2) is 39.8 Å². The normalized spacial score (nSPS) is 28.2. The van der Waals surface area contributed by atoms with Crippen molar-refractivity contribution in [1.82, 2.24) is 19.9 Å². The average molecular weight is 271 g/mol. The molecular formula is C15H21N5. The van der Waals surface area contributed by atoms with Crippen LogP contribution < -0.4 is 10.2 Å². The van der Waals surface area contributed by atoms with Crippen LogP contribution in [0.2, 0.25) is 0 Å². The number of fused-ring (bicyclic) bond motifs is 2. The molecule has 4 heterocycles. The zero-order chi connectivity index (χ0) is 13.9. The molecule has 2 aliphatic heterocycles. The maximum atomic E-state index is 4.67. The summed E-state index contributed by atoms with van der Waals surface area (Å²) in [6.07, 6.45) is 3.79. The molecule has 2 saturated heterocycles. The molecule has 2 aliphatic rings. The summed E-state index contributed by atoms with van der Waals surface area (Å²) in [6, 6.07) is 2.13. The van der Waals surface area contributed by atoms with E-state index in [2.05, 4.69) is 40.2 Å². The lowest BCUT2D eigenvalue weighted by atomic mass is 9.85. The van der Waals surface area contributed by atoms with Gasteiger partial charge in [-0.3, -0.25) is 0 Å². The van der Waals surface area contributed by atoms with E-state index in [-0.39, 0.29) is 5.54 Å². The van der Waals surface area contributed by atoms with Gasteiger partial charge in [0.05, 0.1) is 5.69 Å². The molecule has 0 spiro atoms. The van der Waals surface area contributed by atoms with Gasteiger partial charge in [0.2, 0.25) is 0 Å². The summed E-state index contributed by atoms with van der Waals surface area (Å²) in [4.78, 5) is 7.16. The van der Waals surface area contributed by atoms with Crippen LogP contribution in [-0.2, 0) is 0 Å². The van der Waals surface area contributed by atoms with Gasteiger partial charge in [0, 0.05) is 37.6 Å². The van der Waals surface area contributed by atoms with Gasteiger partial charge in [0.1, 0.15) is 5.52 Å². The van der Waals surface area contributed by atoms with Crippen molar-refractivity contribution in [2.24, 2.45) is 11.8 Å². The Morgan fingerprint density at radius 1 is 1.35 bits per heavy atom. The predicted molar refractivity (Wildman–Crippen MR) is 79.0 cm³/mol. The standard InChI is InChI=1S/C15H21N5/c1-10-6-13-14(17-4-5-20(13)18-10)19-9-11-7-16-8-12(11)15(19,2)3/h4-6,11-12,16H,7-9H2,1-3H3. The number of aryl methyl sites for hydroxylation is 1. The molecular weight excluding hydrogens is 250 g/mol. The molecule has 106 valence electrons. The first-order chi connectivity index (χ1) is 9.57. The van der Waals surface area contributed by atoms with Crippen LogP contribution in [0.25, 0.3) is 5.52 Å². The summed E-state index contributed by atoms with van der Waals surface area (Å²) in [5.41, 5.74) is 2.30. The van der Waals surface area contributed by atoms with E-state index in [1.165, 1.54) is 0 Å². The van der Waals surface area contributed by atoms with Crippen molar-refractivity contribution in [3.63, 3.8) is 0 Å². The van der Waals surface area contributed by atoms with Gasteiger partial charge in [-0.1, -0.05) is 0 Å². The van der Waals surface area contributed by atoms with Gasteiger partial charge in [-0.25, -0.2) is 9.50 Å². The first kappa shape index (κ1) is 12.1. The molecule has 0 radical (unpaired) electrons. The van der Waals surface area contributed by atoms with Gasteiger partial charge < -0.3 is 10.2 Å². The summed E-state index contributed by atoms with van der Waals surface area (Å²) in [6.45, 7) is 10.1. The van der Waals surface area contributed by atoms with Crippen LogP contribution in [0.1, 0.15) is 19.5 Å². The van der Waals surface area contributed by atoms with Crippen LogP contribution >= 0.6 is 0 Å². The molecule has 2 unspecified atom stereocenters. The Kier molecular flexibility index (Phi) is 2.40. The lowest BCUT2D eigenvalue weighted by molar-refractivity contribution is 0.356. The van der Waals surface area contributed by atoms with E-state index in [0.29, 0.717) is 5.92 Å². The Hall–Kier alpha value is -1.62. The van der Waals surface area contributed by atoms with Crippen molar-refractivity contribution in [2.75, 3.05) is 24.5 Å². The lowest BCUT2D eigenvalue weighted by Gasteiger charge is -2.36. The van der Waals surface area contributed by atoms with Crippen molar-refractivity contribution in [3.05, 3.63) is 24.2 Å². The van der Waals surface area contributed by atoms with E-state index in [1.807, 2.05) is 23.8 Å². The van der Waals surface area contributed by atoms with Gasteiger partial charge in [-0.05, 0) is 38.7 Å². The van der Waals surface area contributed by atoms with Crippen LogP contribution in [0, 0.1) is 18.8 Å². The molecule has 5 heteroatoms. The van der Waals surface area contributed by atoms with Crippen LogP contribution in [0.5, 0.6) is 0 Å². The molecule has 0 aliphatic carbocycles. The maximum Gasteiger partial charge on any atom is 0.155 e. The first-order valence-electron chi connectivity index (χ1n) is 7.37. The SMILES string of the molecule is Cc1cc2c(N3CC4CNCC4C3(C)C)nccn2n1. The molecule has 2 aromatic heterocycles. The van der Waals surface area contributed by atoms with E-state index in [0.717, 1.165) is 42.6 Å². The van der Waals surface area contributed by atoms with Crippen LogP contribution in [0.15, 0.2) is 18.5 Å². The number of hydrogen-bond donors (Lipinski definition) is 1. The van der Waals surface area contributed by atoms with Crippen LogP contribution in [0.3, 0.4) is 0 Å².